The number of aromatic nitrogens is 1. The Hall–Kier alpha value is -2.28. The highest BCUT2D eigenvalue weighted by molar-refractivity contribution is 7.11. The molecule has 0 amide bonds. The Kier molecular flexibility index (Phi) is 4.97. The molecule has 0 bridgehead atoms. The van der Waals surface area contributed by atoms with Crippen LogP contribution in [0.4, 0.5) is 0 Å². The summed E-state index contributed by atoms with van der Waals surface area (Å²) in [5.41, 5.74) is 1.08. The van der Waals surface area contributed by atoms with Crippen LogP contribution in [0.3, 0.4) is 0 Å². The van der Waals surface area contributed by atoms with Crippen LogP contribution in [0.1, 0.15) is 22.4 Å². The number of hydrogen-bond donors (Lipinski definition) is 2. The SMILES string of the molecule is CCNC(=NCc1ccc2c(c1)OCO2)NCc1cnc(C)s1. The highest BCUT2D eigenvalue weighted by Crippen LogP contribution is 2.32. The van der Waals surface area contributed by atoms with E-state index < -0.39 is 0 Å². The smallest absolute Gasteiger partial charge is 0.231 e. The molecule has 0 atom stereocenters. The summed E-state index contributed by atoms with van der Waals surface area (Å²) in [5, 5.41) is 7.65. The Bertz CT molecular complexity index is 699. The molecule has 0 fully saturated rings. The molecule has 0 radical (unpaired) electrons. The van der Waals surface area contributed by atoms with Crippen LogP contribution in [0, 0.1) is 6.92 Å². The molecule has 0 saturated carbocycles. The van der Waals surface area contributed by atoms with Crippen molar-refractivity contribution < 1.29 is 9.47 Å². The third-order valence-electron chi connectivity index (χ3n) is 3.30. The average molecular weight is 332 g/mol. The quantitative estimate of drug-likeness (QED) is 0.650. The van der Waals surface area contributed by atoms with E-state index in [0.29, 0.717) is 13.3 Å². The molecule has 0 spiro atoms. The van der Waals surface area contributed by atoms with Gasteiger partial charge in [-0.2, -0.15) is 0 Å². The summed E-state index contributed by atoms with van der Waals surface area (Å²) in [7, 11) is 0. The number of nitrogens with one attached hydrogen (secondary N) is 2. The zero-order valence-corrected chi connectivity index (χ0v) is 14.1. The summed E-state index contributed by atoms with van der Waals surface area (Å²) in [6, 6.07) is 5.91. The summed E-state index contributed by atoms with van der Waals surface area (Å²) in [6.07, 6.45) is 1.90. The van der Waals surface area contributed by atoms with Crippen molar-refractivity contribution in [3.05, 3.63) is 39.8 Å². The number of benzene rings is 1. The number of guanidine groups is 1. The van der Waals surface area contributed by atoms with Gasteiger partial charge in [0.15, 0.2) is 17.5 Å². The number of thiazole rings is 1. The van der Waals surface area contributed by atoms with Gasteiger partial charge in [0.25, 0.3) is 0 Å². The molecule has 0 unspecified atom stereocenters. The van der Waals surface area contributed by atoms with Crippen LogP contribution >= 0.6 is 11.3 Å². The molecule has 0 saturated heterocycles. The number of aliphatic imine (C=N–C) groups is 1. The first-order valence-corrected chi connectivity index (χ1v) is 8.38. The fraction of sp³-hybridized carbons (Fsp3) is 0.375. The molecule has 1 aromatic heterocycles. The van der Waals surface area contributed by atoms with Crippen molar-refractivity contribution in [3.63, 3.8) is 0 Å². The van der Waals surface area contributed by atoms with Crippen molar-refractivity contribution >= 4 is 17.3 Å². The van der Waals surface area contributed by atoms with E-state index in [4.69, 9.17) is 9.47 Å². The molecular formula is C16H20N4O2S. The summed E-state index contributed by atoms with van der Waals surface area (Å²) >= 11 is 1.69. The fourth-order valence-electron chi connectivity index (χ4n) is 2.21. The van der Waals surface area contributed by atoms with Gasteiger partial charge in [-0.05, 0) is 31.5 Å². The molecule has 2 aromatic rings. The van der Waals surface area contributed by atoms with Gasteiger partial charge in [0, 0.05) is 17.6 Å². The van der Waals surface area contributed by atoms with Crippen LogP contribution in [-0.4, -0.2) is 24.3 Å². The second-order valence-corrected chi connectivity index (χ2v) is 6.40. The van der Waals surface area contributed by atoms with Gasteiger partial charge >= 0.3 is 0 Å². The Morgan fingerprint density at radius 2 is 2.17 bits per heavy atom. The van der Waals surface area contributed by atoms with Gasteiger partial charge in [-0.25, -0.2) is 9.98 Å². The lowest BCUT2D eigenvalue weighted by Gasteiger charge is -2.10. The van der Waals surface area contributed by atoms with Gasteiger partial charge in [-0.3, -0.25) is 0 Å². The summed E-state index contributed by atoms with van der Waals surface area (Å²) in [4.78, 5) is 10.1. The Morgan fingerprint density at radius 3 is 2.96 bits per heavy atom. The minimum Gasteiger partial charge on any atom is -0.454 e. The Balaban J connectivity index is 1.61. The standard InChI is InChI=1S/C16H20N4O2S/c1-3-17-16(20-9-13-8-18-11(2)23-13)19-7-12-4-5-14-15(6-12)22-10-21-14/h4-6,8H,3,7,9-10H2,1-2H3,(H2,17,19,20). The topological polar surface area (TPSA) is 67.8 Å². The second-order valence-electron chi connectivity index (χ2n) is 5.08. The van der Waals surface area contributed by atoms with Crippen LogP contribution in [-0.2, 0) is 13.1 Å². The van der Waals surface area contributed by atoms with Gasteiger partial charge in [-0.1, -0.05) is 6.07 Å². The van der Waals surface area contributed by atoms with Crippen LogP contribution in [0.2, 0.25) is 0 Å². The first-order chi connectivity index (χ1) is 11.2. The highest BCUT2D eigenvalue weighted by Gasteiger charge is 2.12. The third kappa shape index (κ3) is 4.13. The van der Waals surface area contributed by atoms with Crippen molar-refractivity contribution in [2.24, 2.45) is 4.99 Å². The average Bonchev–Trinajstić information content (AvgIpc) is 3.18. The molecule has 1 aromatic carbocycles. The van der Waals surface area contributed by atoms with E-state index in [1.165, 1.54) is 4.88 Å². The predicted octanol–water partition coefficient (Wildman–Crippen LogP) is 2.44. The third-order valence-corrected chi connectivity index (χ3v) is 4.21. The molecule has 1 aliphatic heterocycles. The van der Waals surface area contributed by atoms with E-state index in [9.17, 15) is 0 Å². The van der Waals surface area contributed by atoms with Crippen LogP contribution in [0.15, 0.2) is 29.4 Å². The first-order valence-electron chi connectivity index (χ1n) is 7.56. The molecule has 2 N–H and O–H groups in total. The number of aryl methyl sites for hydroxylation is 1. The maximum atomic E-state index is 5.39. The monoisotopic (exact) mass is 332 g/mol. The molecule has 2 heterocycles. The van der Waals surface area contributed by atoms with Crippen molar-refractivity contribution in [3.8, 4) is 11.5 Å². The largest absolute Gasteiger partial charge is 0.454 e. The summed E-state index contributed by atoms with van der Waals surface area (Å²) < 4.78 is 10.7. The van der Waals surface area contributed by atoms with E-state index in [-0.39, 0.29) is 0 Å². The van der Waals surface area contributed by atoms with Gasteiger partial charge in [0.05, 0.1) is 18.1 Å². The Labute approximate surface area is 139 Å². The van der Waals surface area contributed by atoms with Crippen molar-refractivity contribution in [2.45, 2.75) is 26.9 Å². The minimum absolute atomic E-state index is 0.292. The second kappa shape index (κ2) is 7.32. The maximum absolute atomic E-state index is 5.39. The molecule has 23 heavy (non-hydrogen) atoms. The lowest BCUT2D eigenvalue weighted by molar-refractivity contribution is 0.174. The number of fused-ring (bicyclic) bond motifs is 1. The van der Waals surface area contributed by atoms with Crippen LogP contribution in [0.25, 0.3) is 0 Å². The normalized spacial score (nSPS) is 13.2. The summed E-state index contributed by atoms with van der Waals surface area (Å²) in [5.74, 6) is 2.37. The molecule has 122 valence electrons. The lowest BCUT2D eigenvalue weighted by Crippen LogP contribution is -2.36. The molecular weight excluding hydrogens is 312 g/mol. The van der Waals surface area contributed by atoms with E-state index in [0.717, 1.165) is 41.1 Å². The van der Waals surface area contributed by atoms with Crippen LogP contribution < -0.4 is 20.1 Å². The van der Waals surface area contributed by atoms with Gasteiger partial charge in [0.2, 0.25) is 6.79 Å². The molecule has 7 heteroatoms. The van der Waals surface area contributed by atoms with Crippen molar-refractivity contribution in [1.29, 1.82) is 0 Å². The van der Waals surface area contributed by atoms with E-state index in [1.54, 1.807) is 11.3 Å². The maximum Gasteiger partial charge on any atom is 0.231 e. The first kappa shape index (κ1) is 15.6. The number of rotatable bonds is 5. The molecule has 0 aliphatic carbocycles. The van der Waals surface area contributed by atoms with E-state index in [1.807, 2.05) is 31.3 Å². The highest BCUT2D eigenvalue weighted by atomic mass is 32.1. The molecule has 6 nitrogen and oxygen atoms in total. The summed E-state index contributed by atoms with van der Waals surface area (Å²) in [6.45, 7) is 6.46. The molecule has 3 rings (SSSR count). The van der Waals surface area contributed by atoms with Crippen LogP contribution in [0.5, 0.6) is 11.5 Å². The zero-order chi connectivity index (χ0) is 16.1. The van der Waals surface area contributed by atoms with E-state index in [2.05, 4.69) is 27.5 Å². The Morgan fingerprint density at radius 1 is 1.30 bits per heavy atom. The van der Waals surface area contributed by atoms with E-state index >= 15 is 0 Å². The van der Waals surface area contributed by atoms with Gasteiger partial charge < -0.3 is 20.1 Å². The number of hydrogen-bond acceptors (Lipinski definition) is 5. The molecule has 1 aliphatic rings. The number of nitrogens with zero attached hydrogens (tertiary/aromatic N) is 2. The fourth-order valence-corrected chi connectivity index (χ4v) is 2.94. The predicted molar refractivity (Wildman–Crippen MR) is 91.1 cm³/mol. The lowest BCUT2D eigenvalue weighted by atomic mass is 10.2. The van der Waals surface area contributed by atoms with Gasteiger partial charge in [-0.15, -0.1) is 11.3 Å². The minimum atomic E-state index is 0.292. The number of ether oxygens (including phenoxy) is 2. The zero-order valence-electron chi connectivity index (χ0n) is 13.3. The van der Waals surface area contributed by atoms with Gasteiger partial charge in [0.1, 0.15) is 0 Å². The van der Waals surface area contributed by atoms with Crippen molar-refractivity contribution in [1.82, 2.24) is 15.6 Å². The van der Waals surface area contributed by atoms with Crippen molar-refractivity contribution in [2.75, 3.05) is 13.3 Å².